The van der Waals surface area contributed by atoms with Crippen molar-refractivity contribution >= 4 is 27.5 Å². The fourth-order valence-corrected chi connectivity index (χ4v) is 6.42. The van der Waals surface area contributed by atoms with E-state index in [0.717, 1.165) is 51.6 Å². The van der Waals surface area contributed by atoms with Crippen molar-refractivity contribution in [2.24, 2.45) is 11.7 Å². The molecule has 3 aromatic rings. The maximum Gasteiger partial charge on any atom is 0.420 e. The van der Waals surface area contributed by atoms with Gasteiger partial charge >= 0.3 is 16.2 Å². The standard InChI is InChI=1S/C22H27N3O4S2/c1-5-19-24-10-11-25(19)13-16-6-8-17(9-7-16)20-15(4)18(12-14(2)3)30-21(20)31(27,28)29-22(23)26/h6-11,14H,5,12-13H2,1-4H3,(H2,23,26). The van der Waals surface area contributed by atoms with Gasteiger partial charge in [-0.05, 0) is 36.0 Å². The van der Waals surface area contributed by atoms with Crippen LogP contribution in [0.4, 0.5) is 4.79 Å². The predicted molar refractivity (Wildman–Crippen MR) is 122 cm³/mol. The van der Waals surface area contributed by atoms with Crippen molar-refractivity contribution in [3.05, 3.63) is 58.5 Å². The van der Waals surface area contributed by atoms with Crippen LogP contribution in [-0.2, 0) is 33.7 Å². The largest absolute Gasteiger partial charge is 0.420 e. The summed E-state index contributed by atoms with van der Waals surface area (Å²) in [5.41, 5.74) is 8.26. The first kappa shape index (κ1) is 23.0. The summed E-state index contributed by atoms with van der Waals surface area (Å²) < 4.78 is 32.0. The van der Waals surface area contributed by atoms with Crippen LogP contribution >= 0.6 is 11.3 Å². The average Bonchev–Trinajstić information content (AvgIpc) is 3.26. The van der Waals surface area contributed by atoms with E-state index in [4.69, 9.17) is 5.73 Å². The Labute approximate surface area is 187 Å². The normalized spacial score (nSPS) is 11.8. The van der Waals surface area contributed by atoms with Crippen LogP contribution in [-0.4, -0.2) is 24.1 Å². The van der Waals surface area contributed by atoms with E-state index in [9.17, 15) is 13.2 Å². The summed E-state index contributed by atoms with van der Waals surface area (Å²) >= 11 is 1.14. The molecule has 2 heterocycles. The van der Waals surface area contributed by atoms with Crippen LogP contribution < -0.4 is 5.73 Å². The lowest BCUT2D eigenvalue weighted by Gasteiger charge is -2.10. The Bertz CT molecular complexity index is 1180. The number of imidazole rings is 1. The first-order valence-electron chi connectivity index (χ1n) is 10.1. The Hall–Kier alpha value is -2.65. The highest BCUT2D eigenvalue weighted by Crippen LogP contribution is 2.41. The molecule has 0 aliphatic carbocycles. The third-order valence-corrected chi connectivity index (χ3v) is 7.95. The monoisotopic (exact) mass is 461 g/mol. The van der Waals surface area contributed by atoms with E-state index in [-0.39, 0.29) is 4.21 Å². The summed E-state index contributed by atoms with van der Waals surface area (Å²) in [5, 5.41) is 0. The van der Waals surface area contributed by atoms with Gasteiger partial charge in [-0.1, -0.05) is 45.0 Å². The average molecular weight is 462 g/mol. The summed E-state index contributed by atoms with van der Waals surface area (Å²) in [6, 6.07) is 7.74. The van der Waals surface area contributed by atoms with Gasteiger partial charge in [0.05, 0.1) is 0 Å². The lowest BCUT2D eigenvalue weighted by atomic mass is 9.99. The first-order chi connectivity index (χ1) is 14.6. The van der Waals surface area contributed by atoms with Crippen molar-refractivity contribution in [1.29, 1.82) is 0 Å². The molecule has 2 N–H and O–H groups in total. The van der Waals surface area contributed by atoms with Gasteiger partial charge < -0.3 is 14.5 Å². The van der Waals surface area contributed by atoms with Gasteiger partial charge in [0.25, 0.3) is 0 Å². The summed E-state index contributed by atoms with van der Waals surface area (Å²) in [6.07, 6.45) is 3.96. The highest BCUT2D eigenvalue weighted by Gasteiger charge is 2.29. The molecule has 0 spiro atoms. The zero-order valence-corrected chi connectivity index (χ0v) is 19.7. The van der Waals surface area contributed by atoms with Crippen LogP contribution in [0.3, 0.4) is 0 Å². The maximum atomic E-state index is 12.7. The Morgan fingerprint density at radius 2 is 1.94 bits per heavy atom. The third kappa shape index (κ3) is 5.16. The van der Waals surface area contributed by atoms with E-state index < -0.39 is 16.2 Å². The minimum Gasteiger partial charge on any atom is -0.334 e. The molecular weight excluding hydrogens is 434 g/mol. The number of aromatic nitrogens is 2. The van der Waals surface area contributed by atoms with E-state index in [1.807, 2.05) is 37.4 Å². The highest BCUT2D eigenvalue weighted by molar-refractivity contribution is 7.89. The minimum atomic E-state index is -4.30. The number of carbonyl (C=O) groups excluding carboxylic acids is 1. The molecule has 0 saturated carbocycles. The SMILES string of the molecule is CCc1nccn1Cc1ccc(-c2c(S(=O)(=O)OC(N)=O)sc(CC(C)C)c2C)cc1. The second-order valence-corrected chi connectivity index (χ2v) is 10.6. The first-order valence-corrected chi connectivity index (χ1v) is 12.3. The molecule has 0 aliphatic rings. The smallest absolute Gasteiger partial charge is 0.334 e. The summed E-state index contributed by atoms with van der Waals surface area (Å²) in [6.45, 7) is 8.79. The third-order valence-electron chi connectivity index (χ3n) is 4.94. The molecule has 166 valence electrons. The van der Waals surface area contributed by atoms with Gasteiger partial charge in [0, 0.05) is 35.8 Å². The van der Waals surface area contributed by atoms with E-state index in [1.165, 1.54) is 0 Å². The molecule has 1 aromatic carbocycles. The van der Waals surface area contributed by atoms with Crippen LogP contribution in [0.15, 0.2) is 40.9 Å². The molecule has 0 aliphatic heterocycles. The van der Waals surface area contributed by atoms with Gasteiger partial charge in [0.1, 0.15) is 5.82 Å². The zero-order chi connectivity index (χ0) is 22.8. The second-order valence-electron chi connectivity index (χ2n) is 7.79. The number of rotatable bonds is 8. The van der Waals surface area contributed by atoms with Gasteiger partial charge in [-0.15, -0.1) is 11.3 Å². The van der Waals surface area contributed by atoms with Crippen molar-refractivity contribution in [2.75, 3.05) is 0 Å². The van der Waals surface area contributed by atoms with Crippen molar-refractivity contribution in [1.82, 2.24) is 9.55 Å². The van der Waals surface area contributed by atoms with Crippen LogP contribution in [0.1, 0.15) is 42.6 Å². The number of carbonyl (C=O) groups is 1. The molecule has 31 heavy (non-hydrogen) atoms. The number of amides is 1. The molecule has 0 atom stereocenters. The minimum absolute atomic E-state index is 0.00933. The fourth-order valence-electron chi connectivity index (χ4n) is 3.53. The lowest BCUT2D eigenvalue weighted by Crippen LogP contribution is -2.18. The molecule has 0 saturated heterocycles. The number of thiophene rings is 1. The predicted octanol–water partition coefficient (Wildman–Crippen LogP) is 4.51. The lowest BCUT2D eigenvalue weighted by molar-refractivity contribution is 0.213. The van der Waals surface area contributed by atoms with Crippen LogP contribution in [0.25, 0.3) is 11.1 Å². The zero-order valence-electron chi connectivity index (χ0n) is 18.1. The molecule has 3 rings (SSSR count). The van der Waals surface area contributed by atoms with E-state index in [1.54, 1.807) is 6.20 Å². The van der Waals surface area contributed by atoms with Gasteiger partial charge in [-0.25, -0.2) is 9.78 Å². The van der Waals surface area contributed by atoms with Crippen LogP contribution in [0.5, 0.6) is 0 Å². The summed E-state index contributed by atoms with van der Waals surface area (Å²) in [5.74, 6) is 1.36. The maximum absolute atomic E-state index is 12.7. The molecule has 7 nitrogen and oxygen atoms in total. The molecule has 9 heteroatoms. The Morgan fingerprint density at radius 3 is 2.52 bits per heavy atom. The fraction of sp³-hybridized carbons (Fsp3) is 0.364. The highest BCUT2D eigenvalue weighted by atomic mass is 32.3. The number of nitrogens with zero attached hydrogens (tertiary/aromatic N) is 2. The molecule has 0 fully saturated rings. The summed E-state index contributed by atoms with van der Waals surface area (Å²) in [4.78, 5) is 16.5. The molecule has 2 aromatic heterocycles. The quantitative estimate of drug-likeness (QED) is 0.497. The number of nitrogens with two attached hydrogens (primary N) is 1. The van der Waals surface area contributed by atoms with Gasteiger partial charge in [0.15, 0.2) is 4.21 Å². The Balaban J connectivity index is 2.02. The Morgan fingerprint density at radius 1 is 1.26 bits per heavy atom. The van der Waals surface area contributed by atoms with Crippen molar-refractivity contribution in [3.63, 3.8) is 0 Å². The van der Waals surface area contributed by atoms with Crippen molar-refractivity contribution < 1.29 is 17.4 Å². The molecule has 0 unspecified atom stereocenters. The van der Waals surface area contributed by atoms with Crippen LogP contribution in [0, 0.1) is 12.8 Å². The Kier molecular flexibility index (Phi) is 6.86. The van der Waals surface area contributed by atoms with Gasteiger partial charge in [-0.2, -0.15) is 8.42 Å². The van der Waals surface area contributed by atoms with E-state index in [0.29, 0.717) is 18.0 Å². The number of primary amides is 1. The van der Waals surface area contributed by atoms with Crippen molar-refractivity contribution in [2.45, 2.75) is 51.3 Å². The molecule has 1 amide bonds. The summed E-state index contributed by atoms with van der Waals surface area (Å²) in [7, 11) is -4.30. The van der Waals surface area contributed by atoms with E-state index >= 15 is 0 Å². The van der Waals surface area contributed by atoms with E-state index in [2.05, 4.69) is 34.5 Å². The van der Waals surface area contributed by atoms with Crippen LogP contribution in [0.2, 0.25) is 0 Å². The number of aryl methyl sites for hydroxylation is 1. The molecular formula is C22H27N3O4S2. The number of hydrogen-bond acceptors (Lipinski definition) is 6. The van der Waals surface area contributed by atoms with Gasteiger partial charge in [0.2, 0.25) is 0 Å². The second kappa shape index (κ2) is 9.23. The van der Waals surface area contributed by atoms with Crippen molar-refractivity contribution in [3.8, 4) is 11.1 Å². The number of benzene rings is 1. The topological polar surface area (TPSA) is 104 Å². The molecule has 0 radical (unpaired) electrons. The number of hydrogen-bond donors (Lipinski definition) is 1. The van der Waals surface area contributed by atoms with Gasteiger partial charge in [-0.3, -0.25) is 0 Å². The molecule has 0 bridgehead atoms.